The number of halogens is 1. The van der Waals surface area contributed by atoms with Gasteiger partial charge in [0.15, 0.2) is 0 Å². The van der Waals surface area contributed by atoms with Crippen LogP contribution < -0.4 is 5.32 Å². The van der Waals surface area contributed by atoms with Crippen LogP contribution in [0.3, 0.4) is 0 Å². The zero-order chi connectivity index (χ0) is 13.9. The lowest BCUT2D eigenvalue weighted by atomic mass is 10.0. The highest BCUT2D eigenvalue weighted by Gasteiger charge is 2.06. The smallest absolute Gasteiger partial charge is 0.0708 e. The van der Waals surface area contributed by atoms with Gasteiger partial charge in [0.25, 0.3) is 0 Å². The number of nitrogens with one attached hydrogen (secondary N) is 1. The Labute approximate surface area is 123 Å². The zero-order valence-corrected chi connectivity index (χ0v) is 12.0. The first-order valence-electron chi connectivity index (χ1n) is 6.56. The van der Waals surface area contributed by atoms with Crippen LogP contribution in [0.4, 0.5) is 0 Å². The maximum atomic E-state index is 6.40. The van der Waals surface area contributed by atoms with Crippen molar-refractivity contribution >= 4 is 22.5 Å². The summed E-state index contributed by atoms with van der Waals surface area (Å²) in [6.45, 7) is 0.819. The van der Waals surface area contributed by atoms with Gasteiger partial charge in [0, 0.05) is 28.7 Å². The topological polar surface area (TPSA) is 24.9 Å². The minimum atomic E-state index is 0.771. The lowest BCUT2D eigenvalue weighted by Crippen LogP contribution is -2.04. The second-order valence-electron chi connectivity index (χ2n) is 4.76. The minimum Gasteiger partial charge on any atom is -0.316 e. The molecule has 2 aromatic carbocycles. The normalized spacial score (nSPS) is 10.9. The quantitative estimate of drug-likeness (QED) is 0.776. The molecule has 0 amide bonds. The Balaban J connectivity index is 2.06. The van der Waals surface area contributed by atoms with Crippen LogP contribution in [-0.2, 0) is 6.54 Å². The van der Waals surface area contributed by atoms with Gasteiger partial charge >= 0.3 is 0 Å². The van der Waals surface area contributed by atoms with Gasteiger partial charge in [-0.15, -0.1) is 0 Å². The fraction of sp³-hybridized carbons (Fsp3) is 0.118. The monoisotopic (exact) mass is 282 g/mol. The van der Waals surface area contributed by atoms with Gasteiger partial charge in [-0.05, 0) is 36.4 Å². The molecule has 0 fully saturated rings. The van der Waals surface area contributed by atoms with Crippen LogP contribution >= 0.6 is 11.6 Å². The van der Waals surface area contributed by atoms with Gasteiger partial charge in [-0.1, -0.05) is 41.9 Å². The van der Waals surface area contributed by atoms with Crippen LogP contribution in [0.2, 0.25) is 5.02 Å². The lowest BCUT2D eigenvalue weighted by Gasteiger charge is -2.08. The number of aromatic nitrogens is 1. The Morgan fingerprint density at radius 3 is 2.80 bits per heavy atom. The van der Waals surface area contributed by atoms with E-state index in [1.54, 1.807) is 0 Å². The van der Waals surface area contributed by atoms with E-state index in [1.807, 2.05) is 25.4 Å². The summed E-state index contributed by atoms with van der Waals surface area (Å²) >= 11 is 6.40. The molecule has 0 aliphatic rings. The fourth-order valence-corrected chi connectivity index (χ4v) is 2.65. The molecule has 0 aliphatic heterocycles. The van der Waals surface area contributed by atoms with Gasteiger partial charge in [-0.25, -0.2) is 0 Å². The van der Waals surface area contributed by atoms with Crippen molar-refractivity contribution in [2.75, 3.05) is 7.05 Å². The summed E-state index contributed by atoms with van der Waals surface area (Å²) in [6.07, 6.45) is 1.81. The molecule has 0 saturated heterocycles. The summed E-state index contributed by atoms with van der Waals surface area (Å²) in [4.78, 5) is 4.39. The molecular formula is C17H15ClN2. The number of pyridine rings is 1. The average molecular weight is 283 g/mol. The maximum Gasteiger partial charge on any atom is 0.0708 e. The molecule has 3 aromatic rings. The van der Waals surface area contributed by atoms with Crippen LogP contribution in [-0.4, -0.2) is 12.0 Å². The number of benzene rings is 2. The molecule has 100 valence electrons. The van der Waals surface area contributed by atoms with E-state index >= 15 is 0 Å². The van der Waals surface area contributed by atoms with Gasteiger partial charge in [0.1, 0.15) is 0 Å². The van der Waals surface area contributed by atoms with Gasteiger partial charge in [0.2, 0.25) is 0 Å². The van der Waals surface area contributed by atoms with Crippen molar-refractivity contribution in [2.45, 2.75) is 6.54 Å². The number of hydrogen-bond donors (Lipinski definition) is 1. The Morgan fingerprint density at radius 2 is 2.00 bits per heavy atom. The van der Waals surface area contributed by atoms with E-state index in [0.717, 1.165) is 33.6 Å². The highest BCUT2D eigenvalue weighted by molar-refractivity contribution is 6.33. The van der Waals surface area contributed by atoms with Crippen molar-refractivity contribution in [1.82, 2.24) is 10.3 Å². The second kappa shape index (κ2) is 5.61. The second-order valence-corrected chi connectivity index (χ2v) is 5.16. The first kappa shape index (κ1) is 13.1. The van der Waals surface area contributed by atoms with Gasteiger partial charge in [-0.3, -0.25) is 4.98 Å². The van der Waals surface area contributed by atoms with E-state index in [4.69, 9.17) is 11.6 Å². The van der Waals surface area contributed by atoms with E-state index in [9.17, 15) is 0 Å². The summed E-state index contributed by atoms with van der Waals surface area (Å²) < 4.78 is 0. The molecule has 3 rings (SSSR count). The van der Waals surface area contributed by atoms with Crippen LogP contribution in [0.5, 0.6) is 0 Å². The summed E-state index contributed by atoms with van der Waals surface area (Å²) in [6, 6.07) is 16.4. The van der Waals surface area contributed by atoms with Gasteiger partial charge in [-0.2, -0.15) is 0 Å². The fourth-order valence-electron chi connectivity index (χ4n) is 2.34. The van der Waals surface area contributed by atoms with E-state index < -0.39 is 0 Å². The molecule has 20 heavy (non-hydrogen) atoms. The van der Waals surface area contributed by atoms with E-state index in [1.165, 1.54) is 5.56 Å². The van der Waals surface area contributed by atoms with Crippen molar-refractivity contribution in [3.8, 4) is 11.1 Å². The Hall–Kier alpha value is -1.90. The van der Waals surface area contributed by atoms with Crippen molar-refractivity contribution in [2.24, 2.45) is 0 Å². The third kappa shape index (κ3) is 2.53. The summed E-state index contributed by atoms with van der Waals surface area (Å²) in [7, 11) is 1.93. The third-order valence-corrected chi connectivity index (χ3v) is 3.64. The molecule has 1 heterocycles. The average Bonchev–Trinajstić information content (AvgIpc) is 2.47. The molecule has 0 radical (unpaired) electrons. The maximum absolute atomic E-state index is 6.40. The molecule has 0 aliphatic carbocycles. The van der Waals surface area contributed by atoms with Gasteiger partial charge in [0.05, 0.1) is 5.52 Å². The lowest BCUT2D eigenvalue weighted by molar-refractivity contribution is 0.818. The predicted molar refractivity (Wildman–Crippen MR) is 85.0 cm³/mol. The minimum absolute atomic E-state index is 0.771. The van der Waals surface area contributed by atoms with E-state index in [2.05, 4.69) is 46.7 Å². The Kier molecular flexibility index (Phi) is 3.68. The molecule has 1 N–H and O–H groups in total. The summed E-state index contributed by atoms with van der Waals surface area (Å²) in [5.41, 5.74) is 4.30. The zero-order valence-electron chi connectivity index (χ0n) is 11.2. The van der Waals surface area contributed by atoms with E-state index in [0.29, 0.717) is 0 Å². The van der Waals surface area contributed by atoms with Gasteiger partial charge < -0.3 is 5.32 Å². The third-order valence-electron chi connectivity index (χ3n) is 3.33. The first-order valence-corrected chi connectivity index (χ1v) is 6.94. The summed E-state index contributed by atoms with van der Waals surface area (Å²) in [5.74, 6) is 0. The summed E-state index contributed by atoms with van der Waals surface area (Å²) in [5, 5.41) is 5.04. The molecule has 2 nitrogen and oxygen atoms in total. The van der Waals surface area contributed by atoms with Crippen LogP contribution in [0.15, 0.2) is 54.7 Å². The highest BCUT2D eigenvalue weighted by Crippen LogP contribution is 2.30. The molecule has 0 bridgehead atoms. The largest absolute Gasteiger partial charge is 0.316 e. The van der Waals surface area contributed by atoms with Crippen LogP contribution in [0.25, 0.3) is 22.0 Å². The molecule has 3 heteroatoms. The highest BCUT2D eigenvalue weighted by atomic mass is 35.5. The molecule has 1 aromatic heterocycles. The van der Waals surface area contributed by atoms with E-state index in [-0.39, 0.29) is 0 Å². The molecule has 0 saturated carbocycles. The first-order chi connectivity index (χ1) is 9.78. The van der Waals surface area contributed by atoms with Crippen molar-refractivity contribution in [1.29, 1.82) is 0 Å². The number of hydrogen-bond acceptors (Lipinski definition) is 2. The standard InChI is InChI=1S/C17H15ClN2/c1-19-11-12-4-7-15(16(18)9-12)14-6-5-13-3-2-8-20-17(13)10-14/h2-10,19H,11H2,1H3. The Bertz CT molecular complexity index is 753. The van der Waals surface area contributed by atoms with Crippen LogP contribution in [0.1, 0.15) is 5.56 Å². The van der Waals surface area contributed by atoms with Crippen LogP contribution in [0, 0.1) is 0 Å². The molecule has 0 spiro atoms. The number of rotatable bonds is 3. The van der Waals surface area contributed by atoms with Crippen molar-refractivity contribution in [3.63, 3.8) is 0 Å². The number of nitrogens with zero attached hydrogens (tertiary/aromatic N) is 1. The molecular weight excluding hydrogens is 268 g/mol. The van der Waals surface area contributed by atoms with Crippen molar-refractivity contribution in [3.05, 3.63) is 65.3 Å². The predicted octanol–water partition coefficient (Wildman–Crippen LogP) is 4.27. The molecule has 0 atom stereocenters. The number of fused-ring (bicyclic) bond motifs is 1. The Morgan fingerprint density at radius 1 is 1.10 bits per heavy atom. The SMILES string of the molecule is CNCc1ccc(-c2ccc3cccnc3c2)c(Cl)c1. The molecule has 0 unspecified atom stereocenters. The van der Waals surface area contributed by atoms with Crippen molar-refractivity contribution < 1.29 is 0 Å².